The maximum atomic E-state index is 10.4. The third kappa shape index (κ3) is 6.16. The molecule has 19 heavy (non-hydrogen) atoms. The summed E-state index contributed by atoms with van der Waals surface area (Å²) in [6.45, 7) is 3.64. The van der Waals surface area contributed by atoms with Crippen molar-refractivity contribution in [2.75, 3.05) is 11.6 Å². The average Bonchev–Trinajstić information content (AvgIpc) is 2.34. The fraction of sp³-hybridized carbons (Fsp3) is 0.417. The van der Waals surface area contributed by atoms with Crippen molar-refractivity contribution in [3.63, 3.8) is 0 Å². The van der Waals surface area contributed by atoms with Crippen LogP contribution < -0.4 is 10.5 Å². The van der Waals surface area contributed by atoms with Crippen LogP contribution in [0, 0.1) is 0 Å². The number of carboxylic acids is 1. The molecular formula is C12H18N2O5. The average molecular weight is 270 g/mol. The summed E-state index contributed by atoms with van der Waals surface area (Å²) in [7, 11) is 0. The maximum Gasteiger partial charge on any atom is 0.325 e. The smallest absolute Gasteiger partial charge is 0.325 e. The molecule has 1 aromatic rings. The highest BCUT2D eigenvalue weighted by Gasteiger charge is 2.07. The highest BCUT2D eigenvalue weighted by Crippen LogP contribution is 2.13. The van der Waals surface area contributed by atoms with Crippen molar-refractivity contribution in [3.05, 3.63) is 29.8 Å². The standard InChI is InChI=1S/C12H18N2O5/c1-9(2)18-19-13-7-10-3-5-11(6-4-10)14(17)8-12(15)16/h3-6,9,13,17H,7-8H2,1-2H3,(H,15,16). The van der Waals surface area contributed by atoms with E-state index in [9.17, 15) is 10.0 Å². The third-order valence-corrected chi connectivity index (χ3v) is 2.10. The van der Waals surface area contributed by atoms with E-state index in [0.717, 1.165) is 5.56 Å². The van der Waals surface area contributed by atoms with Crippen LogP contribution >= 0.6 is 0 Å². The van der Waals surface area contributed by atoms with Crippen molar-refractivity contribution in [2.45, 2.75) is 26.5 Å². The molecule has 0 aromatic heterocycles. The lowest BCUT2D eigenvalue weighted by Crippen LogP contribution is -2.25. The minimum Gasteiger partial charge on any atom is -0.480 e. The zero-order chi connectivity index (χ0) is 14.3. The van der Waals surface area contributed by atoms with E-state index < -0.39 is 12.5 Å². The largest absolute Gasteiger partial charge is 0.480 e. The molecule has 0 aliphatic heterocycles. The molecule has 7 nitrogen and oxygen atoms in total. The van der Waals surface area contributed by atoms with Gasteiger partial charge in [0.15, 0.2) is 0 Å². The molecule has 1 aromatic carbocycles. The number of nitrogens with one attached hydrogen (secondary N) is 1. The van der Waals surface area contributed by atoms with Gasteiger partial charge in [-0.2, -0.15) is 5.48 Å². The molecule has 0 fully saturated rings. The fourth-order valence-electron chi connectivity index (χ4n) is 1.25. The van der Waals surface area contributed by atoms with Gasteiger partial charge in [0.1, 0.15) is 6.54 Å². The molecule has 0 saturated heterocycles. The highest BCUT2D eigenvalue weighted by molar-refractivity contribution is 5.72. The van der Waals surface area contributed by atoms with E-state index in [1.807, 2.05) is 13.8 Å². The van der Waals surface area contributed by atoms with Gasteiger partial charge < -0.3 is 5.11 Å². The van der Waals surface area contributed by atoms with Crippen molar-refractivity contribution in [3.8, 4) is 0 Å². The van der Waals surface area contributed by atoms with Crippen molar-refractivity contribution < 1.29 is 25.0 Å². The highest BCUT2D eigenvalue weighted by atomic mass is 17.3. The Morgan fingerprint density at radius 1 is 1.37 bits per heavy atom. The van der Waals surface area contributed by atoms with Crippen molar-refractivity contribution in [1.82, 2.24) is 5.48 Å². The number of hydrogen-bond donors (Lipinski definition) is 3. The summed E-state index contributed by atoms with van der Waals surface area (Å²) in [6, 6.07) is 6.71. The quantitative estimate of drug-likeness (QED) is 0.373. The lowest BCUT2D eigenvalue weighted by molar-refractivity contribution is -0.357. The van der Waals surface area contributed by atoms with Crippen LogP contribution in [0.5, 0.6) is 0 Å². The monoisotopic (exact) mass is 270 g/mol. The topological polar surface area (TPSA) is 91.3 Å². The van der Waals surface area contributed by atoms with Crippen molar-refractivity contribution >= 4 is 11.7 Å². The normalized spacial score (nSPS) is 10.7. The summed E-state index contributed by atoms with van der Waals surface area (Å²) in [6.07, 6.45) is -0.0335. The summed E-state index contributed by atoms with van der Waals surface area (Å²) in [5.74, 6) is -1.10. The van der Waals surface area contributed by atoms with Crippen LogP contribution in [-0.4, -0.2) is 28.9 Å². The van der Waals surface area contributed by atoms with E-state index >= 15 is 0 Å². The molecule has 0 atom stereocenters. The summed E-state index contributed by atoms with van der Waals surface area (Å²) in [4.78, 5) is 20.0. The van der Waals surface area contributed by atoms with Crippen LogP contribution in [0.1, 0.15) is 19.4 Å². The number of benzene rings is 1. The van der Waals surface area contributed by atoms with Crippen LogP contribution in [-0.2, 0) is 21.2 Å². The van der Waals surface area contributed by atoms with Crippen LogP contribution in [0.4, 0.5) is 5.69 Å². The second-order valence-corrected chi connectivity index (χ2v) is 4.17. The molecular weight excluding hydrogens is 252 g/mol. The Labute approximate surface area is 111 Å². The lowest BCUT2D eigenvalue weighted by Gasteiger charge is -2.14. The SMILES string of the molecule is CC(C)OONCc1ccc(N(O)CC(=O)O)cc1. The lowest BCUT2D eigenvalue weighted by atomic mass is 10.2. The van der Waals surface area contributed by atoms with Gasteiger partial charge in [-0.1, -0.05) is 12.1 Å². The number of rotatable bonds is 8. The zero-order valence-electron chi connectivity index (χ0n) is 10.9. The van der Waals surface area contributed by atoms with E-state index in [1.165, 1.54) is 0 Å². The predicted octanol–water partition coefficient (Wildman–Crippen LogP) is 1.33. The first-order valence-electron chi connectivity index (χ1n) is 5.81. The van der Waals surface area contributed by atoms with Crippen molar-refractivity contribution in [2.24, 2.45) is 0 Å². The van der Waals surface area contributed by atoms with Gasteiger partial charge in [-0.3, -0.25) is 10.0 Å². The molecule has 106 valence electrons. The minimum atomic E-state index is -1.10. The van der Waals surface area contributed by atoms with Gasteiger partial charge in [-0.15, -0.1) is 4.99 Å². The first kappa shape index (κ1) is 15.4. The number of hydroxylamine groups is 2. The molecule has 1 rings (SSSR count). The van der Waals surface area contributed by atoms with Crippen molar-refractivity contribution in [1.29, 1.82) is 0 Å². The summed E-state index contributed by atoms with van der Waals surface area (Å²) < 4.78 is 0. The number of carboxylic acid groups (broad SMARTS) is 1. The van der Waals surface area contributed by atoms with Crippen LogP contribution in [0.15, 0.2) is 24.3 Å². The molecule has 3 N–H and O–H groups in total. The second kappa shape index (κ2) is 7.70. The van der Waals surface area contributed by atoms with Gasteiger partial charge in [-0.25, -0.2) is 9.95 Å². The molecule has 0 radical (unpaired) electrons. The van der Waals surface area contributed by atoms with E-state index in [1.54, 1.807) is 24.3 Å². The van der Waals surface area contributed by atoms with Gasteiger partial charge in [-0.05, 0) is 31.5 Å². The first-order valence-corrected chi connectivity index (χ1v) is 5.81. The Balaban J connectivity index is 2.41. The van der Waals surface area contributed by atoms with E-state index in [-0.39, 0.29) is 6.10 Å². The molecule has 0 saturated carbocycles. The molecule has 0 unspecified atom stereocenters. The summed E-state index contributed by atoms with van der Waals surface area (Å²) in [5.41, 5.74) is 3.93. The second-order valence-electron chi connectivity index (χ2n) is 4.17. The molecule has 0 amide bonds. The number of hydrogen-bond acceptors (Lipinski definition) is 6. The summed E-state index contributed by atoms with van der Waals surface area (Å²) >= 11 is 0. The Hall–Kier alpha value is -1.67. The molecule has 0 aliphatic carbocycles. The number of anilines is 1. The van der Waals surface area contributed by atoms with Gasteiger partial charge in [0.05, 0.1) is 11.8 Å². The summed E-state index contributed by atoms with van der Waals surface area (Å²) in [5, 5.41) is 18.7. The number of carbonyl (C=O) groups is 1. The predicted molar refractivity (Wildman–Crippen MR) is 67.4 cm³/mol. The fourth-order valence-corrected chi connectivity index (χ4v) is 1.25. The van der Waals surface area contributed by atoms with Gasteiger partial charge in [0.2, 0.25) is 0 Å². The van der Waals surface area contributed by atoms with Crippen LogP contribution in [0.3, 0.4) is 0 Å². The van der Waals surface area contributed by atoms with Gasteiger partial charge in [0, 0.05) is 6.54 Å². The minimum absolute atomic E-state index is 0.0335. The van der Waals surface area contributed by atoms with E-state index in [2.05, 4.69) is 5.48 Å². The Morgan fingerprint density at radius 2 is 2.00 bits per heavy atom. The number of nitrogens with zero attached hydrogens (tertiary/aromatic N) is 1. The Kier molecular flexibility index (Phi) is 6.23. The Bertz CT molecular complexity index is 394. The Morgan fingerprint density at radius 3 is 2.53 bits per heavy atom. The van der Waals surface area contributed by atoms with Gasteiger partial charge >= 0.3 is 5.97 Å². The van der Waals surface area contributed by atoms with Crippen LogP contribution in [0.25, 0.3) is 0 Å². The maximum absolute atomic E-state index is 10.4. The molecule has 7 heteroatoms. The molecule has 0 heterocycles. The zero-order valence-corrected chi connectivity index (χ0v) is 10.9. The number of aliphatic carboxylic acids is 1. The molecule has 0 aliphatic rings. The molecule has 0 spiro atoms. The van der Waals surface area contributed by atoms with Gasteiger partial charge in [0.25, 0.3) is 0 Å². The van der Waals surface area contributed by atoms with E-state index in [0.29, 0.717) is 17.3 Å². The first-order chi connectivity index (χ1) is 8.99. The molecule has 0 bridgehead atoms. The van der Waals surface area contributed by atoms with E-state index in [4.69, 9.17) is 15.0 Å². The van der Waals surface area contributed by atoms with Crippen LogP contribution in [0.2, 0.25) is 0 Å². The third-order valence-electron chi connectivity index (χ3n) is 2.10.